The van der Waals surface area contributed by atoms with Crippen molar-refractivity contribution < 1.29 is 24.2 Å². The molecule has 1 saturated heterocycles. The van der Waals surface area contributed by atoms with E-state index in [4.69, 9.17) is 21.1 Å². The number of carbonyl (C=O) groups excluding carboxylic acids is 2. The van der Waals surface area contributed by atoms with E-state index >= 15 is 0 Å². The number of aliphatic hydroxyl groups is 1. The van der Waals surface area contributed by atoms with Crippen molar-refractivity contribution in [3.63, 3.8) is 0 Å². The van der Waals surface area contributed by atoms with Crippen LogP contribution in [-0.4, -0.2) is 36.0 Å². The lowest BCUT2D eigenvalue weighted by molar-refractivity contribution is -0.132. The van der Waals surface area contributed by atoms with Gasteiger partial charge in [0.05, 0.1) is 31.4 Å². The van der Waals surface area contributed by atoms with E-state index in [1.807, 2.05) is 6.92 Å². The van der Waals surface area contributed by atoms with E-state index in [9.17, 15) is 14.7 Å². The summed E-state index contributed by atoms with van der Waals surface area (Å²) in [7, 11) is 2.94. The zero-order valence-corrected chi connectivity index (χ0v) is 19.0. The highest BCUT2D eigenvalue weighted by molar-refractivity contribution is 6.51. The number of benzene rings is 2. The largest absolute Gasteiger partial charge is 0.507 e. The lowest BCUT2D eigenvalue weighted by Crippen LogP contribution is -2.29. The first-order chi connectivity index (χ1) is 15.9. The summed E-state index contributed by atoms with van der Waals surface area (Å²) in [5.74, 6) is -1.22. The van der Waals surface area contributed by atoms with Crippen LogP contribution in [0.25, 0.3) is 5.76 Å². The third-order valence-corrected chi connectivity index (χ3v) is 5.95. The number of Topliss-reactive ketones (excluding diaryl/α,β-unsaturated/α-hetero) is 1. The number of hydrogen-bond donors (Lipinski definition) is 1. The summed E-state index contributed by atoms with van der Waals surface area (Å²) in [6.45, 7) is 1.84. The number of carbonyl (C=O) groups is 2. The van der Waals surface area contributed by atoms with Gasteiger partial charge in [0.2, 0.25) is 0 Å². The van der Waals surface area contributed by atoms with Crippen LogP contribution in [0.3, 0.4) is 0 Å². The minimum absolute atomic E-state index is 0.0868. The van der Waals surface area contributed by atoms with Crippen LogP contribution in [0.5, 0.6) is 11.5 Å². The van der Waals surface area contributed by atoms with E-state index in [1.54, 1.807) is 60.9 Å². The molecule has 1 atom stereocenters. The van der Waals surface area contributed by atoms with Crippen molar-refractivity contribution >= 4 is 34.7 Å². The molecule has 1 amide bonds. The zero-order valence-electron chi connectivity index (χ0n) is 18.2. The van der Waals surface area contributed by atoms with Crippen LogP contribution in [0.15, 0.2) is 66.5 Å². The van der Waals surface area contributed by atoms with Gasteiger partial charge in [-0.1, -0.05) is 23.7 Å². The van der Waals surface area contributed by atoms with E-state index in [0.29, 0.717) is 27.8 Å². The smallest absolute Gasteiger partial charge is 0.300 e. The van der Waals surface area contributed by atoms with Gasteiger partial charge in [0.1, 0.15) is 17.3 Å². The molecule has 4 rings (SSSR count). The number of halogens is 1. The van der Waals surface area contributed by atoms with E-state index in [-0.39, 0.29) is 16.9 Å². The maximum absolute atomic E-state index is 13.3. The van der Waals surface area contributed by atoms with Crippen LogP contribution in [0, 0.1) is 6.92 Å². The summed E-state index contributed by atoms with van der Waals surface area (Å²) < 4.78 is 10.6. The maximum Gasteiger partial charge on any atom is 0.300 e. The van der Waals surface area contributed by atoms with E-state index in [1.165, 1.54) is 19.1 Å². The van der Waals surface area contributed by atoms with Gasteiger partial charge in [0.25, 0.3) is 11.7 Å². The number of hydrogen-bond acceptors (Lipinski definition) is 6. The minimum Gasteiger partial charge on any atom is -0.507 e. The first-order valence-corrected chi connectivity index (χ1v) is 10.4. The van der Waals surface area contributed by atoms with Gasteiger partial charge in [-0.3, -0.25) is 19.5 Å². The first kappa shape index (κ1) is 22.4. The molecule has 1 fully saturated rings. The number of aromatic nitrogens is 1. The Labute approximate surface area is 195 Å². The molecule has 1 unspecified atom stereocenters. The van der Waals surface area contributed by atoms with Crippen LogP contribution in [-0.2, 0) is 9.59 Å². The number of nitrogens with zero attached hydrogens (tertiary/aromatic N) is 2. The van der Waals surface area contributed by atoms with Crippen molar-refractivity contribution in [1.82, 2.24) is 4.98 Å². The highest BCUT2D eigenvalue weighted by Crippen LogP contribution is 2.44. The van der Waals surface area contributed by atoms with E-state index in [2.05, 4.69) is 4.98 Å². The number of rotatable bonds is 5. The molecular weight excluding hydrogens is 444 g/mol. The highest BCUT2D eigenvalue weighted by Gasteiger charge is 2.47. The second-order valence-corrected chi connectivity index (χ2v) is 7.86. The Bertz CT molecular complexity index is 1270. The average Bonchev–Trinajstić information content (AvgIpc) is 3.11. The van der Waals surface area contributed by atoms with Gasteiger partial charge in [-0.05, 0) is 54.4 Å². The molecule has 3 aromatic rings. The molecule has 168 valence electrons. The van der Waals surface area contributed by atoms with Gasteiger partial charge < -0.3 is 14.6 Å². The van der Waals surface area contributed by atoms with Crippen LogP contribution in [0.2, 0.25) is 5.02 Å². The quantitative estimate of drug-likeness (QED) is 0.335. The molecule has 0 radical (unpaired) electrons. The number of ether oxygens (including phenoxy) is 2. The van der Waals surface area contributed by atoms with Gasteiger partial charge in [0.15, 0.2) is 0 Å². The SMILES string of the molecule is COc1ccc(OC)c(/C(O)=C2\C(=O)C(=O)N(c3ccc(C)c(Cl)c3)C2c2cccnc2)c1. The van der Waals surface area contributed by atoms with Crippen molar-refractivity contribution in [3.8, 4) is 11.5 Å². The highest BCUT2D eigenvalue weighted by atomic mass is 35.5. The van der Waals surface area contributed by atoms with Crippen molar-refractivity contribution in [2.45, 2.75) is 13.0 Å². The van der Waals surface area contributed by atoms with Crippen LogP contribution >= 0.6 is 11.6 Å². The topological polar surface area (TPSA) is 89.0 Å². The third-order valence-electron chi connectivity index (χ3n) is 5.54. The summed E-state index contributed by atoms with van der Waals surface area (Å²) in [5.41, 5.74) is 1.95. The van der Waals surface area contributed by atoms with Crippen molar-refractivity contribution in [2.24, 2.45) is 0 Å². The predicted octanol–water partition coefficient (Wildman–Crippen LogP) is 4.69. The van der Waals surface area contributed by atoms with Gasteiger partial charge in [0, 0.05) is 23.1 Å². The molecule has 0 spiro atoms. The predicted molar refractivity (Wildman–Crippen MR) is 125 cm³/mol. The summed E-state index contributed by atoms with van der Waals surface area (Å²) in [4.78, 5) is 31.9. The number of aliphatic hydroxyl groups excluding tert-OH is 1. The molecule has 0 bridgehead atoms. The van der Waals surface area contributed by atoms with Crippen molar-refractivity contribution in [1.29, 1.82) is 0 Å². The number of methoxy groups -OCH3 is 2. The maximum atomic E-state index is 13.3. The Morgan fingerprint density at radius 2 is 1.88 bits per heavy atom. The Morgan fingerprint density at radius 3 is 2.52 bits per heavy atom. The Balaban J connectivity index is 1.98. The van der Waals surface area contributed by atoms with Crippen LogP contribution in [0.1, 0.15) is 22.7 Å². The monoisotopic (exact) mass is 464 g/mol. The molecule has 33 heavy (non-hydrogen) atoms. The normalized spacial score (nSPS) is 17.3. The lowest BCUT2D eigenvalue weighted by atomic mass is 9.95. The Kier molecular flexibility index (Phi) is 6.07. The molecular formula is C25H21ClN2O5. The first-order valence-electron chi connectivity index (χ1n) is 10.1. The molecule has 0 aliphatic carbocycles. The fourth-order valence-electron chi connectivity index (χ4n) is 3.83. The number of ketones is 1. The van der Waals surface area contributed by atoms with Crippen LogP contribution in [0.4, 0.5) is 5.69 Å². The Morgan fingerprint density at radius 1 is 1.09 bits per heavy atom. The number of amides is 1. The molecule has 2 heterocycles. The van der Waals surface area contributed by atoms with Gasteiger partial charge in [-0.2, -0.15) is 0 Å². The number of aryl methyl sites for hydroxylation is 1. The average molecular weight is 465 g/mol. The second kappa shape index (κ2) is 8.96. The standard InChI is InChI=1S/C25H21ClN2O5/c1-14-6-7-16(11-19(14)26)28-22(15-5-4-10-27-13-15)21(24(30)25(28)31)23(29)18-12-17(32-2)8-9-20(18)33-3/h4-13,22,29H,1-3H3/b23-21+. The van der Waals surface area contributed by atoms with Crippen LogP contribution < -0.4 is 14.4 Å². The summed E-state index contributed by atoms with van der Waals surface area (Å²) in [6.07, 6.45) is 3.14. The molecule has 2 aromatic carbocycles. The molecule has 1 aliphatic heterocycles. The number of pyridine rings is 1. The summed E-state index contributed by atoms with van der Waals surface area (Å²) in [5, 5.41) is 11.8. The molecule has 0 saturated carbocycles. The molecule has 1 aromatic heterocycles. The molecule has 1 N–H and O–H groups in total. The minimum atomic E-state index is -0.923. The molecule has 8 heteroatoms. The lowest BCUT2D eigenvalue weighted by Gasteiger charge is -2.25. The summed E-state index contributed by atoms with van der Waals surface area (Å²) >= 11 is 6.31. The number of anilines is 1. The van der Waals surface area contributed by atoms with E-state index in [0.717, 1.165) is 5.56 Å². The van der Waals surface area contributed by atoms with Gasteiger partial charge in [-0.15, -0.1) is 0 Å². The fourth-order valence-corrected chi connectivity index (χ4v) is 4.00. The van der Waals surface area contributed by atoms with E-state index < -0.39 is 17.7 Å². The summed E-state index contributed by atoms with van der Waals surface area (Å²) in [6, 6.07) is 12.4. The fraction of sp³-hybridized carbons (Fsp3) is 0.160. The van der Waals surface area contributed by atoms with Crippen molar-refractivity contribution in [3.05, 3.63) is 88.2 Å². The van der Waals surface area contributed by atoms with Gasteiger partial charge >= 0.3 is 0 Å². The molecule has 1 aliphatic rings. The van der Waals surface area contributed by atoms with Crippen molar-refractivity contribution in [2.75, 3.05) is 19.1 Å². The zero-order chi connectivity index (χ0) is 23.7. The third kappa shape index (κ3) is 3.91. The molecule has 7 nitrogen and oxygen atoms in total. The Hall–Kier alpha value is -3.84. The second-order valence-electron chi connectivity index (χ2n) is 7.46. The van der Waals surface area contributed by atoms with Gasteiger partial charge in [-0.25, -0.2) is 0 Å².